The maximum absolute atomic E-state index is 6.10. The molecule has 0 fully saturated rings. The molecule has 2 aromatic rings. The van der Waals surface area contributed by atoms with Gasteiger partial charge in [-0.2, -0.15) is 0 Å². The predicted molar refractivity (Wildman–Crippen MR) is 79.0 cm³/mol. The smallest absolute Gasteiger partial charge is 0.231 e. The maximum atomic E-state index is 6.10. The lowest BCUT2D eigenvalue weighted by molar-refractivity contribution is 0.174. The molecule has 19 heavy (non-hydrogen) atoms. The van der Waals surface area contributed by atoms with Gasteiger partial charge in [0.15, 0.2) is 11.5 Å². The molecule has 0 amide bonds. The van der Waals surface area contributed by atoms with E-state index in [9.17, 15) is 0 Å². The van der Waals surface area contributed by atoms with Gasteiger partial charge in [-0.05, 0) is 42.0 Å². The zero-order valence-corrected chi connectivity index (χ0v) is 12.1. The van der Waals surface area contributed by atoms with Gasteiger partial charge in [-0.3, -0.25) is 4.99 Å². The van der Waals surface area contributed by atoms with Crippen molar-refractivity contribution in [1.82, 2.24) is 0 Å². The number of halogens is 2. The number of nitrogens with zero attached hydrogens (tertiary/aromatic N) is 1. The van der Waals surface area contributed by atoms with Crippen LogP contribution in [0.2, 0.25) is 5.02 Å². The number of rotatable bonds is 2. The van der Waals surface area contributed by atoms with Gasteiger partial charge in [0.1, 0.15) is 0 Å². The van der Waals surface area contributed by atoms with E-state index in [1.54, 1.807) is 6.21 Å². The molecule has 0 saturated carbocycles. The van der Waals surface area contributed by atoms with Crippen LogP contribution in [0.15, 0.2) is 45.9 Å². The molecule has 0 radical (unpaired) electrons. The molecule has 0 saturated heterocycles. The Morgan fingerprint density at radius 3 is 2.79 bits per heavy atom. The van der Waals surface area contributed by atoms with E-state index in [0.29, 0.717) is 5.02 Å². The molecule has 0 N–H and O–H groups in total. The minimum absolute atomic E-state index is 0.272. The van der Waals surface area contributed by atoms with Gasteiger partial charge in [0.05, 0.1) is 10.7 Å². The number of ether oxygens (including phenoxy) is 2. The summed E-state index contributed by atoms with van der Waals surface area (Å²) < 4.78 is 11.5. The van der Waals surface area contributed by atoms with E-state index in [4.69, 9.17) is 21.1 Å². The first-order chi connectivity index (χ1) is 9.22. The van der Waals surface area contributed by atoms with E-state index in [2.05, 4.69) is 20.9 Å². The van der Waals surface area contributed by atoms with E-state index in [1.165, 1.54) is 0 Å². The molecule has 3 nitrogen and oxygen atoms in total. The van der Waals surface area contributed by atoms with Crippen molar-refractivity contribution in [2.24, 2.45) is 4.99 Å². The van der Waals surface area contributed by atoms with Crippen LogP contribution in [0, 0.1) is 0 Å². The third-order valence-electron chi connectivity index (χ3n) is 2.66. The van der Waals surface area contributed by atoms with Gasteiger partial charge in [0.2, 0.25) is 6.79 Å². The summed E-state index contributed by atoms with van der Waals surface area (Å²) in [5.74, 6) is 1.50. The molecule has 1 heterocycles. The molecule has 0 atom stereocenters. The van der Waals surface area contributed by atoms with Gasteiger partial charge in [-0.1, -0.05) is 27.5 Å². The van der Waals surface area contributed by atoms with Crippen LogP contribution in [0.4, 0.5) is 5.69 Å². The van der Waals surface area contributed by atoms with E-state index < -0.39 is 0 Å². The van der Waals surface area contributed by atoms with E-state index >= 15 is 0 Å². The number of benzene rings is 2. The van der Waals surface area contributed by atoms with Crippen LogP contribution in [0.5, 0.6) is 11.5 Å². The molecule has 2 aromatic carbocycles. The quantitative estimate of drug-likeness (QED) is 0.750. The van der Waals surface area contributed by atoms with E-state index in [1.807, 2.05) is 36.4 Å². The fourth-order valence-electron chi connectivity index (χ4n) is 1.72. The third-order valence-corrected chi connectivity index (χ3v) is 3.46. The first kappa shape index (κ1) is 12.5. The predicted octanol–water partition coefficient (Wildman–Crippen LogP) is 4.58. The summed E-state index contributed by atoms with van der Waals surface area (Å²) in [5, 5.41) is 0.603. The lowest BCUT2D eigenvalue weighted by Crippen LogP contribution is -1.92. The van der Waals surface area contributed by atoms with Gasteiger partial charge < -0.3 is 9.47 Å². The number of hydrogen-bond acceptors (Lipinski definition) is 3. The Bertz CT molecular complexity index is 658. The standard InChI is InChI=1S/C14H9BrClNO2/c15-10-2-3-12(11(16)6-10)17-7-9-1-4-13-14(5-9)19-8-18-13/h1-7H,8H2. The molecule has 0 unspecified atom stereocenters. The summed E-state index contributed by atoms with van der Waals surface area (Å²) in [4.78, 5) is 4.37. The lowest BCUT2D eigenvalue weighted by atomic mass is 10.2. The number of aliphatic imine (C=N–C) groups is 1. The third kappa shape index (κ3) is 2.74. The minimum atomic E-state index is 0.272. The van der Waals surface area contributed by atoms with Crippen molar-refractivity contribution in [3.05, 3.63) is 51.5 Å². The Morgan fingerprint density at radius 2 is 1.95 bits per heavy atom. The summed E-state index contributed by atoms with van der Waals surface area (Å²) in [6, 6.07) is 11.2. The largest absolute Gasteiger partial charge is 0.454 e. The second-order valence-corrected chi connectivity index (χ2v) is 5.29. The molecular formula is C14H9BrClNO2. The van der Waals surface area contributed by atoms with Crippen molar-refractivity contribution >= 4 is 39.4 Å². The first-order valence-electron chi connectivity index (χ1n) is 5.61. The van der Waals surface area contributed by atoms with Crippen LogP contribution in [-0.4, -0.2) is 13.0 Å². The van der Waals surface area contributed by atoms with Crippen LogP contribution < -0.4 is 9.47 Å². The second kappa shape index (κ2) is 5.23. The van der Waals surface area contributed by atoms with Crippen molar-refractivity contribution < 1.29 is 9.47 Å². The monoisotopic (exact) mass is 337 g/mol. The van der Waals surface area contributed by atoms with Crippen LogP contribution in [0.3, 0.4) is 0 Å². The van der Waals surface area contributed by atoms with Crippen LogP contribution in [0.25, 0.3) is 0 Å². The summed E-state index contributed by atoms with van der Waals surface area (Å²) in [6.07, 6.45) is 1.75. The molecule has 1 aliphatic heterocycles. The van der Waals surface area contributed by atoms with Crippen LogP contribution in [0.1, 0.15) is 5.56 Å². The molecule has 0 aliphatic carbocycles. The molecule has 5 heteroatoms. The van der Waals surface area contributed by atoms with Gasteiger partial charge in [-0.15, -0.1) is 0 Å². The fourth-order valence-corrected chi connectivity index (χ4v) is 2.45. The van der Waals surface area contributed by atoms with Crippen molar-refractivity contribution in [2.75, 3.05) is 6.79 Å². The molecule has 96 valence electrons. The first-order valence-corrected chi connectivity index (χ1v) is 6.78. The highest BCUT2D eigenvalue weighted by Gasteiger charge is 2.12. The zero-order valence-electron chi connectivity index (χ0n) is 9.77. The van der Waals surface area contributed by atoms with Crippen molar-refractivity contribution in [1.29, 1.82) is 0 Å². The van der Waals surface area contributed by atoms with Crippen molar-refractivity contribution in [3.63, 3.8) is 0 Å². The molecule has 3 rings (SSSR count). The van der Waals surface area contributed by atoms with Gasteiger partial charge in [0.25, 0.3) is 0 Å². The molecule has 0 aromatic heterocycles. The topological polar surface area (TPSA) is 30.8 Å². The highest BCUT2D eigenvalue weighted by atomic mass is 79.9. The van der Waals surface area contributed by atoms with Crippen molar-refractivity contribution in [3.8, 4) is 11.5 Å². The maximum Gasteiger partial charge on any atom is 0.231 e. The highest BCUT2D eigenvalue weighted by molar-refractivity contribution is 9.10. The average molecular weight is 339 g/mol. The number of fused-ring (bicyclic) bond motifs is 1. The number of hydrogen-bond donors (Lipinski definition) is 0. The average Bonchev–Trinajstić information content (AvgIpc) is 2.85. The Labute approximate surface area is 124 Å². The molecular weight excluding hydrogens is 330 g/mol. The van der Waals surface area contributed by atoms with Gasteiger partial charge >= 0.3 is 0 Å². The summed E-state index contributed by atoms with van der Waals surface area (Å²) in [7, 11) is 0. The normalized spacial score (nSPS) is 13.2. The minimum Gasteiger partial charge on any atom is -0.454 e. The lowest BCUT2D eigenvalue weighted by Gasteiger charge is -2.00. The molecule has 0 spiro atoms. The van der Waals surface area contributed by atoms with Gasteiger partial charge in [-0.25, -0.2) is 0 Å². The van der Waals surface area contributed by atoms with Crippen LogP contribution in [-0.2, 0) is 0 Å². The second-order valence-electron chi connectivity index (χ2n) is 3.97. The Kier molecular flexibility index (Phi) is 3.44. The van der Waals surface area contributed by atoms with Crippen molar-refractivity contribution in [2.45, 2.75) is 0 Å². The summed E-state index contributed by atoms with van der Waals surface area (Å²) >= 11 is 9.46. The van der Waals surface area contributed by atoms with Crippen LogP contribution >= 0.6 is 27.5 Å². The molecule has 0 bridgehead atoms. The molecule has 1 aliphatic rings. The Morgan fingerprint density at radius 1 is 1.11 bits per heavy atom. The van der Waals surface area contributed by atoms with E-state index in [-0.39, 0.29) is 6.79 Å². The van der Waals surface area contributed by atoms with Gasteiger partial charge in [0, 0.05) is 10.7 Å². The fraction of sp³-hybridized carbons (Fsp3) is 0.0714. The summed E-state index contributed by atoms with van der Waals surface area (Å²) in [6.45, 7) is 0.272. The highest BCUT2D eigenvalue weighted by Crippen LogP contribution is 2.32. The SMILES string of the molecule is Clc1cc(Br)ccc1N=Cc1ccc2c(c1)OCO2. The Balaban J connectivity index is 1.86. The van der Waals surface area contributed by atoms with E-state index in [0.717, 1.165) is 27.2 Å². The zero-order chi connectivity index (χ0) is 13.2. The summed E-state index contributed by atoms with van der Waals surface area (Å²) in [5.41, 5.74) is 1.66. The Hall–Kier alpha value is -1.52.